The SMILES string of the molecule is O=C1CCc2ccc(F)cc2N1CC1(CBr)CC1. The number of aryl methyl sites for hydroxylation is 1. The molecule has 96 valence electrons. The van der Waals surface area contributed by atoms with E-state index in [4.69, 9.17) is 0 Å². The van der Waals surface area contributed by atoms with E-state index in [-0.39, 0.29) is 17.1 Å². The van der Waals surface area contributed by atoms with Gasteiger partial charge in [-0.15, -0.1) is 0 Å². The van der Waals surface area contributed by atoms with Crippen molar-refractivity contribution in [1.82, 2.24) is 0 Å². The summed E-state index contributed by atoms with van der Waals surface area (Å²) >= 11 is 3.52. The second kappa shape index (κ2) is 4.34. The first kappa shape index (κ1) is 12.2. The fourth-order valence-corrected chi connectivity index (χ4v) is 3.27. The summed E-state index contributed by atoms with van der Waals surface area (Å²) in [5.74, 6) is -0.141. The Morgan fingerprint density at radius 3 is 2.78 bits per heavy atom. The molecule has 0 radical (unpaired) electrons. The smallest absolute Gasteiger partial charge is 0.227 e. The van der Waals surface area contributed by atoms with Gasteiger partial charge in [0, 0.05) is 24.0 Å². The van der Waals surface area contributed by atoms with Gasteiger partial charge in [-0.2, -0.15) is 0 Å². The molecule has 1 aliphatic carbocycles. The van der Waals surface area contributed by atoms with Gasteiger partial charge in [-0.05, 0) is 42.4 Å². The van der Waals surface area contributed by atoms with Crippen LogP contribution in [0.15, 0.2) is 18.2 Å². The topological polar surface area (TPSA) is 20.3 Å². The Bertz CT molecular complexity index is 499. The van der Waals surface area contributed by atoms with Gasteiger partial charge in [0.15, 0.2) is 0 Å². The van der Waals surface area contributed by atoms with Crippen molar-refractivity contribution < 1.29 is 9.18 Å². The number of amides is 1. The summed E-state index contributed by atoms with van der Waals surface area (Å²) in [6.07, 6.45) is 3.56. The zero-order valence-electron chi connectivity index (χ0n) is 10.1. The Morgan fingerprint density at radius 2 is 2.11 bits per heavy atom. The van der Waals surface area contributed by atoms with Crippen molar-refractivity contribution in [2.75, 3.05) is 16.8 Å². The molecule has 0 atom stereocenters. The fourth-order valence-electron chi connectivity index (χ4n) is 2.53. The molecule has 4 heteroatoms. The van der Waals surface area contributed by atoms with E-state index in [1.807, 2.05) is 0 Å². The molecule has 0 unspecified atom stereocenters. The molecule has 1 fully saturated rings. The van der Waals surface area contributed by atoms with Crippen LogP contribution in [-0.4, -0.2) is 17.8 Å². The van der Waals surface area contributed by atoms with Crippen LogP contribution in [0.5, 0.6) is 0 Å². The van der Waals surface area contributed by atoms with E-state index in [1.54, 1.807) is 11.0 Å². The third-order valence-corrected chi connectivity index (χ3v) is 5.17. The molecule has 1 aromatic rings. The molecule has 1 heterocycles. The highest BCUT2D eigenvalue weighted by Gasteiger charge is 2.44. The van der Waals surface area contributed by atoms with Gasteiger partial charge in [0.2, 0.25) is 5.91 Å². The van der Waals surface area contributed by atoms with E-state index in [9.17, 15) is 9.18 Å². The molecule has 18 heavy (non-hydrogen) atoms. The van der Waals surface area contributed by atoms with Crippen molar-refractivity contribution in [2.45, 2.75) is 25.7 Å². The average Bonchev–Trinajstić information content (AvgIpc) is 3.14. The summed E-state index contributed by atoms with van der Waals surface area (Å²) in [6, 6.07) is 4.78. The Hall–Kier alpha value is -0.900. The van der Waals surface area contributed by atoms with Crippen LogP contribution in [0.25, 0.3) is 0 Å². The number of hydrogen-bond acceptors (Lipinski definition) is 1. The van der Waals surface area contributed by atoms with Crippen molar-refractivity contribution in [3.63, 3.8) is 0 Å². The summed E-state index contributed by atoms with van der Waals surface area (Å²) in [5.41, 5.74) is 2.08. The number of anilines is 1. The Morgan fingerprint density at radius 1 is 1.33 bits per heavy atom. The third kappa shape index (κ3) is 2.07. The van der Waals surface area contributed by atoms with E-state index in [0.29, 0.717) is 13.0 Å². The Labute approximate surface area is 114 Å². The molecule has 0 aromatic heterocycles. The van der Waals surface area contributed by atoms with Crippen LogP contribution in [0.4, 0.5) is 10.1 Å². The van der Waals surface area contributed by atoms with Gasteiger partial charge in [0.05, 0.1) is 0 Å². The lowest BCUT2D eigenvalue weighted by Crippen LogP contribution is -2.40. The first-order valence-electron chi connectivity index (χ1n) is 6.28. The van der Waals surface area contributed by atoms with Crippen molar-refractivity contribution in [3.05, 3.63) is 29.6 Å². The highest BCUT2D eigenvalue weighted by molar-refractivity contribution is 9.09. The van der Waals surface area contributed by atoms with E-state index >= 15 is 0 Å². The number of nitrogens with zero attached hydrogens (tertiary/aromatic N) is 1. The molecule has 3 rings (SSSR count). The Balaban J connectivity index is 1.93. The van der Waals surface area contributed by atoms with E-state index in [2.05, 4.69) is 15.9 Å². The number of halogens is 2. The molecule has 0 bridgehead atoms. The molecule has 2 aliphatic rings. The maximum absolute atomic E-state index is 13.4. The molecule has 1 aliphatic heterocycles. The number of benzene rings is 1. The van der Waals surface area contributed by atoms with Crippen LogP contribution in [-0.2, 0) is 11.2 Å². The number of fused-ring (bicyclic) bond motifs is 1. The maximum atomic E-state index is 13.4. The second-order valence-electron chi connectivity index (χ2n) is 5.39. The largest absolute Gasteiger partial charge is 0.311 e. The second-order valence-corrected chi connectivity index (χ2v) is 5.95. The van der Waals surface area contributed by atoms with Gasteiger partial charge in [0.1, 0.15) is 5.82 Å². The Kier molecular flexibility index (Phi) is 2.93. The predicted molar refractivity (Wildman–Crippen MR) is 72.5 cm³/mol. The summed E-state index contributed by atoms with van der Waals surface area (Å²) in [5, 5.41) is 0.911. The first-order chi connectivity index (χ1) is 8.63. The quantitative estimate of drug-likeness (QED) is 0.785. The number of hydrogen-bond donors (Lipinski definition) is 0. The fraction of sp³-hybridized carbons (Fsp3) is 0.500. The summed E-state index contributed by atoms with van der Waals surface area (Å²) in [4.78, 5) is 13.9. The minimum Gasteiger partial charge on any atom is -0.311 e. The zero-order valence-corrected chi connectivity index (χ0v) is 11.7. The molecular weight excluding hydrogens is 297 g/mol. The van der Waals surface area contributed by atoms with E-state index in [0.717, 1.165) is 35.8 Å². The molecule has 1 aromatic carbocycles. The van der Waals surface area contributed by atoms with Gasteiger partial charge in [-0.25, -0.2) is 4.39 Å². The number of rotatable bonds is 3. The van der Waals surface area contributed by atoms with E-state index < -0.39 is 0 Å². The van der Waals surface area contributed by atoms with Crippen molar-refractivity contribution in [1.29, 1.82) is 0 Å². The monoisotopic (exact) mass is 311 g/mol. The van der Waals surface area contributed by atoms with Gasteiger partial charge in [0.25, 0.3) is 0 Å². The summed E-state index contributed by atoms with van der Waals surface area (Å²) in [7, 11) is 0. The lowest BCUT2D eigenvalue weighted by atomic mass is 9.99. The minimum absolute atomic E-state index is 0.125. The molecule has 1 amide bonds. The number of carbonyl (C=O) groups is 1. The van der Waals surface area contributed by atoms with Crippen molar-refractivity contribution in [2.24, 2.45) is 5.41 Å². The van der Waals surface area contributed by atoms with Crippen LogP contribution in [0, 0.1) is 11.2 Å². The maximum Gasteiger partial charge on any atom is 0.227 e. The first-order valence-corrected chi connectivity index (χ1v) is 7.40. The van der Waals surface area contributed by atoms with Crippen LogP contribution in [0.2, 0.25) is 0 Å². The molecule has 0 N–H and O–H groups in total. The normalized spacial score (nSPS) is 20.8. The number of carbonyl (C=O) groups excluding carboxylic acids is 1. The summed E-state index contributed by atoms with van der Waals surface area (Å²) in [6.45, 7) is 0.716. The van der Waals surface area contributed by atoms with Crippen molar-refractivity contribution >= 4 is 27.5 Å². The standard InChI is InChI=1S/C14H15BrFNO/c15-8-14(5-6-14)9-17-12-7-11(16)3-1-10(12)2-4-13(17)18/h1,3,7H,2,4-6,8-9H2. The van der Waals surface area contributed by atoms with Gasteiger partial charge < -0.3 is 4.90 Å². The van der Waals surface area contributed by atoms with Crippen molar-refractivity contribution in [3.8, 4) is 0 Å². The van der Waals surface area contributed by atoms with Crippen LogP contribution < -0.4 is 4.90 Å². The van der Waals surface area contributed by atoms with Crippen LogP contribution >= 0.6 is 15.9 Å². The molecule has 0 spiro atoms. The molecule has 1 saturated carbocycles. The molecule has 2 nitrogen and oxygen atoms in total. The lowest BCUT2D eigenvalue weighted by Gasteiger charge is -2.32. The highest BCUT2D eigenvalue weighted by atomic mass is 79.9. The lowest BCUT2D eigenvalue weighted by molar-refractivity contribution is -0.119. The average molecular weight is 312 g/mol. The van der Waals surface area contributed by atoms with Crippen LogP contribution in [0.1, 0.15) is 24.8 Å². The van der Waals surface area contributed by atoms with Gasteiger partial charge in [-0.1, -0.05) is 22.0 Å². The third-order valence-electron chi connectivity index (χ3n) is 3.98. The minimum atomic E-state index is -0.267. The van der Waals surface area contributed by atoms with Gasteiger partial charge in [-0.3, -0.25) is 4.79 Å². The predicted octanol–water partition coefficient (Wildman–Crippen LogP) is 3.28. The molecule has 0 saturated heterocycles. The highest BCUT2D eigenvalue weighted by Crippen LogP contribution is 2.48. The summed E-state index contributed by atoms with van der Waals surface area (Å²) < 4.78 is 13.4. The van der Waals surface area contributed by atoms with Gasteiger partial charge >= 0.3 is 0 Å². The number of alkyl halides is 1. The molecular formula is C14H15BrFNO. The zero-order chi connectivity index (χ0) is 12.8. The van der Waals surface area contributed by atoms with Crippen LogP contribution in [0.3, 0.4) is 0 Å². The van der Waals surface area contributed by atoms with E-state index in [1.165, 1.54) is 12.1 Å².